The standard InChI is InChI=1S/C96H142B5N19O26/c102-47-9-1-25-74(112-86(125)72(106)23-5-13-51-108-83(122)63-33-39-66(40-34-63)97(137)138)92(131)118-80(58-61-19-17-21-69(55-61)100(143)144)88(127)111-54-16-8-30-79(117-95(134)81(59-62-20-18-22-70(56-62)101(145)146)119-93(132)75(26-2-10-48-103)113-87(126)73(107)24-6-14-52-109-84(123)64-35-41-67(42-36-64)98(139)140)91(130)116-78(29-7-15-53-110-85(124)65-37-43-68(44-38-65)99(141)142)90(129)114-76(27-3-11-49-104)89(128)115-77(28-4-12-50-105)94(133)120-82(96(135)136)57-60-31-45-71(121)46-32-60/h17-22,31-46,55-56,72-82,121,137-146H,1-16,23-30,47-54,57-59,102-107H2,(H,108,122)(H,109,123)(H,110,124)(H,111,127)(H,112,125)(H,113,126)(H,114,129)(H,115,128)(H,116,130)(H,117,134)(H,118,131)(H,119,132)(H,120,133)(H,135,136)/t72-,73-,74+,75+,76-,77-,78-,79+,80+,81+,82-/m0/s1. The monoisotopic (exact) mass is 2030 g/mol. The Morgan fingerprint density at radius 1 is 0.247 bits per heavy atom. The van der Waals surface area contributed by atoms with Gasteiger partial charge in [0.15, 0.2) is 0 Å². The second kappa shape index (κ2) is 66.5. The Labute approximate surface area is 849 Å². The van der Waals surface area contributed by atoms with E-state index in [1.807, 2.05) is 0 Å². The third kappa shape index (κ3) is 44.8. The molecule has 792 valence electrons. The molecule has 6 rings (SSSR count). The second-order valence-electron chi connectivity index (χ2n) is 35.8. The Hall–Kier alpha value is -12.6. The molecule has 0 fully saturated rings. The van der Waals surface area contributed by atoms with Crippen LogP contribution in [0, 0.1) is 0 Å². The van der Waals surface area contributed by atoms with Gasteiger partial charge in [-0.15, -0.1) is 0 Å². The summed E-state index contributed by atoms with van der Waals surface area (Å²) in [7, 11) is -9.31. The van der Waals surface area contributed by atoms with Gasteiger partial charge in [-0.1, -0.05) is 97.1 Å². The number of phenolic OH excluding ortho intramolecular Hbond substituents is 1. The zero-order chi connectivity index (χ0) is 107. The van der Waals surface area contributed by atoms with E-state index < -0.39 is 191 Å². The van der Waals surface area contributed by atoms with Crippen molar-refractivity contribution in [1.29, 1.82) is 0 Å². The van der Waals surface area contributed by atoms with Crippen molar-refractivity contribution in [3.63, 3.8) is 0 Å². The SMILES string of the molecule is NCCCC[C@H](NC(=O)[C@H](CCCCN)NC(=O)[C@H](CCCCNC(=O)c1ccc(B(O)O)cc1)NC(=O)[C@@H](CCCCNC(=O)[C@@H](Cc1cccc(B(O)O)c1)NC(=O)[C@@H](CCCCN)NC(=O)[C@@H](N)CCCCNC(=O)c1ccc(B(O)O)cc1)NC(=O)[C@@H](Cc1cccc(B(O)O)c1)NC(=O)[C@@H](CCCCN)NC(=O)[C@@H](N)CCCCNC(=O)c1ccc(B(O)O)cc1)C(=O)N[C@@H](Cc1ccc(O)cc1)C(=O)O. The molecule has 50 heteroatoms. The maximum absolute atomic E-state index is 15.8. The highest BCUT2D eigenvalue weighted by molar-refractivity contribution is 6.60. The molecule has 0 radical (unpaired) electrons. The molecule has 0 aliphatic heterocycles. The molecule has 0 aliphatic carbocycles. The number of rotatable bonds is 70. The first-order valence-corrected chi connectivity index (χ1v) is 49.3. The lowest BCUT2D eigenvalue weighted by atomic mass is 9.79. The molecule has 37 N–H and O–H groups in total. The Morgan fingerprint density at radius 3 is 0.767 bits per heavy atom. The fourth-order valence-corrected chi connectivity index (χ4v) is 15.6. The molecule has 13 amide bonds. The van der Waals surface area contributed by atoms with E-state index in [-0.39, 0.29) is 217 Å². The zero-order valence-corrected chi connectivity index (χ0v) is 81.9. The molecule has 6 aromatic carbocycles. The van der Waals surface area contributed by atoms with Crippen LogP contribution in [-0.4, -0.2) is 298 Å². The van der Waals surface area contributed by atoms with Gasteiger partial charge in [-0.25, -0.2) is 4.79 Å². The molecule has 146 heavy (non-hydrogen) atoms. The van der Waals surface area contributed by atoms with E-state index in [2.05, 4.69) is 69.1 Å². The summed E-state index contributed by atoms with van der Waals surface area (Å²) in [5.74, 6) is -12.2. The summed E-state index contributed by atoms with van der Waals surface area (Å²) < 4.78 is 0. The van der Waals surface area contributed by atoms with Crippen LogP contribution in [-0.2, 0) is 72.0 Å². The fourth-order valence-electron chi connectivity index (χ4n) is 15.6. The number of phenols is 1. The van der Waals surface area contributed by atoms with Crippen LogP contribution in [0.15, 0.2) is 146 Å². The van der Waals surface area contributed by atoms with E-state index in [0.717, 1.165) is 0 Å². The average molecular weight is 2030 g/mol. The van der Waals surface area contributed by atoms with Gasteiger partial charge in [0.2, 0.25) is 59.1 Å². The van der Waals surface area contributed by atoms with Gasteiger partial charge in [0.05, 0.1) is 12.1 Å². The lowest BCUT2D eigenvalue weighted by Crippen LogP contribution is -2.60. The number of aliphatic carboxylic acids is 1. The van der Waals surface area contributed by atoms with Crippen molar-refractivity contribution >= 4 is 146 Å². The van der Waals surface area contributed by atoms with Gasteiger partial charge in [-0.05, 0) is 273 Å². The predicted octanol–water partition coefficient (Wildman–Crippen LogP) is -8.48. The van der Waals surface area contributed by atoms with E-state index in [0.29, 0.717) is 68.9 Å². The van der Waals surface area contributed by atoms with Crippen molar-refractivity contribution in [3.8, 4) is 5.75 Å². The molecule has 0 unspecified atom stereocenters. The van der Waals surface area contributed by atoms with Crippen molar-refractivity contribution in [1.82, 2.24) is 69.1 Å². The largest absolute Gasteiger partial charge is 0.508 e. The first-order valence-electron chi connectivity index (χ1n) is 49.3. The molecule has 0 heterocycles. The van der Waals surface area contributed by atoms with Crippen molar-refractivity contribution < 1.29 is 128 Å². The second-order valence-corrected chi connectivity index (χ2v) is 35.8. The summed E-state index contributed by atoms with van der Waals surface area (Å²) in [4.78, 5) is 201. The average Bonchev–Trinajstić information content (AvgIpc) is 0.843. The van der Waals surface area contributed by atoms with Crippen molar-refractivity contribution in [2.45, 2.75) is 240 Å². The number of nitrogens with two attached hydrogens (primary N) is 6. The number of hydrogen-bond donors (Lipinski definition) is 31. The summed E-state index contributed by atoms with van der Waals surface area (Å²) in [6.45, 7) is 0.672. The minimum Gasteiger partial charge on any atom is -0.508 e. The van der Waals surface area contributed by atoms with Crippen LogP contribution in [0.25, 0.3) is 0 Å². The Balaban J connectivity index is 1.36. The molecule has 0 saturated heterocycles. The van der Waals surface area contributed by atoms with E-state index in [4.69, 9.17) is 34.4 Å². The quantitative estimate of drug-likeness (QED) is 0.0125. The highest BCUT2D eigenvalue weighted by Crippen LogP contribution is 2.18. The number of benzene rings is 6. The summed E-state index contributed by atoms with van der Waals surface area (Å²) in [6, 6.07) is 17.3. The van der Waals surface area contributed by atoms with Crippen LogP contribution in [0.3, 0.4) is 0 Å². The van der Waals surface area contributed by atoms with E-state index >= 15 is 19.2 Å². The van der Waals surface area contributed by atoms with Crippen LogP contribution in [0.2, 0.25) is 0 Å². The maximum atomic E-state index is 15.8. The molecular formula is C96H142B5N19O26. The van der Waals surface area contributed by atoms with Crippen LogP contribution in [0.1, 0.15) is 202 Å². The number of carbonyl (C=O) groups excluding carboxylic acids is 13. The fraction of sp³-hybridized carbons (Fsp3) is 0.479. The lowest BCUT2D eigenvalue weighted by Gasteiger charge is -2.28. The predicted molar refractivity (Wildman–Crippen MR) is 549 cm³/mol. The van der Waals surface area contributed by atoms with Crippen molar-refractivity contribution in [2.75, 3.05) is 52.4 Å². The minimum atomic E-state index is -2.04. The molecule has 0 spiro atoms. The Kier molecular flexibility index (Phi) is 55.6. The number of carboxylic acid groups (broad SMARTS) is 1. The molecule has 0 saturated carbocycles. The van der Waals surface area contributed by atoms with Crippen molar-refractivity contribution in [3.05, 3.63) is 179 Å². The van der Waals surface area contributed by atoms with Gasteiger partial charge in [0, 0.05) is 62.1 Å². The first kappa shape index (κ1) is 122. The minimum absolute atomic E-state index is 0.00746. The summed E-state index contributed by atoms with van der Waals surface area (Å²) in [6.07, 6.45) is 1.90. The molecule has 11 atom stereocenters. The van der Waals surface area contributed by atoms with Crippen molar-refractivity contribution in [2.24, 2.45) is 34.4 Å². The third-order valence-corrected chi connectivity index (χ3v) is 24.2. The van der Waals surface area contributed by atoms with Crippen LogP contribution in [0.4, 0.5) is 0 Å². The van der Waals surface area contributed by atoms with Gasteiger partial charge in [0.1, 0.15) is 60.1 Å². The number of carboxylic acids is 1. The Morgan fingerprint density at radius 2 is 0.486 bits per heavy atom. The topological polar surface area (TPSA) is 794 Å². The Bertz CT molecular complexity index is 5110. The molecule has 0 aromatic heterocycles. The van der Waals surface area contributed by atoms with Gasteiger partial charge >= 0.3 is 41.6 Å². The van der Waals surface area contributed by atoms with Crippen LogP contribution in [0.5, 0.6) is 5.75 Å². The molecular weight excluding hydrogens is 1890 g/mol. The number of hydrogen-bond acceptors (Lipinski definition) is 31. The maximum Gasteiger partial charge on any atom is 0.488 e. The molecule has 6 aromatic rings. The smallest absolute Gasteiger partial charge is 0.488 e. The highest BCUT2D eigenvalue weighted by Gasteiger charge is 2.37. The molecule has 45 nitrogen and oxygen atoms in total. The first-order chi connectivity index (χ1) is 69.8. The third-order valence-electron chi connectivity index (χ3n) is 24.2. The normalized spacial score (nSPS) is 13.3. The number of nitrogens with one attached hydrogen (secondary N) is 13. The van der Waals surface area contributed by atoms with Gasteiger partial charge in [0.25, 0.3) is 17.7 Å². The van der Waals surface area contributed by atoms with Gasteiger partial charge in [-0.2, -0.15) is 0 Å². The van der Waals surface area contributed by atoms with Gasteiger partial charge < -0.3 is 164 Å². The van der Waals surface area contributed by atoms with Crippen LogP contribution < -0.4 is 131 Å². The zero-order valence-electron chi connectivity index (χ0n) is 81.9. The number of aromatic hydroxyl groups is 1. The highest BCUT2D eigenvalue weighted by atomic mass is 16.4. The lowest BCUT2D eigenvalue weighted by molar-refractivity contribution is -0.142. The van der Waals surface area contributed by atoms with Gasteiger partial charge in [-0.3, -0.25) is 62.3 Å². The van der Waals surface area contributed by atoms with E-state index in [1.54, 1.807) is 6.07 Å². The van der Waals surface area contributed by atoms with E-state index in [9.17, 15) is 108 Å². The summed E-state index contributed by atoms with van der Waals surface area (Å²) in [5.41, 5.74) is 38.5. The number of carbonyl (C=O) groups is 14. The van der Waals surface area contributed by atoms with Crippen LogP contribution >= 0.6 is 0 Å². The number of amides is 13. The molecule has 0 bridgehead atoms. The molecule has 0 aliphatic rings. The number of unbranched alkanes of at least 4 members (excludes halogenated alkanes) is 8. The summed E-state index contributed by atoms with van der Waals surface area (Å²) in [5, 5.41) is 154. The van der Waals surface area contributed by atoms with E-state index in [1.165, 1.54) is 140 Å². The summed E-state index contributed by atoms with van der Waals surface area (Å²) >= 11 is 0.